The van der Waals surface area contributed by atoms with Crippen molar-refractivity contribution in [2.24, 2.45) is 0 Å². The molecule has 2 atom stereocenters. The van der Waals surface area contributed by atoms with Crippen LogP contribution in [-0.2, 0) is 29.9 Å². The Balaban J connectivity index is 1.52. The summed E-state index contributed by atoms with van der Waals surface area (Å²) >= 11 is 0. The fourth-order valence-corrected chi connectivity index (χ4v) is 8.18. The molecule has 54 heavy (non-hydrogen) atoms. The van der Waals surface area contributed by atoms with E-state index >= 15 is 0 Å². The van der Waals surface area contributed by atoms with Gasteiger partial charge in [-0.1, -0.05) is 24.3 Å². The lowest BCUT2D eigenvalue weighted by molar-refractivity contribution is -0.162. The van der Waals surface area contributed by atoms with Gasteiger partial charge in [0.1, 0.15) is 22.3 Å². The Hall–Kier alpha value is -6.20. The molecule has 6 heterocycles. The van der Waals surface area contributed by atoms with E-state index < -0.39 is 22.8 Å². The van der Waals surface area contributed by atoms with E-state index in [0.717, 1.165) is 56.2 Å². The molecule has 2 aromatic carbocycles. The van der Waals surface area contributed by atoms with Crippen LogP contribution in [0.2, 0.25) is 0 Å². The van der Waals surface area contributed by atoms with Crippen LogP contribution in [-0.4, -0.2) is 84.3 Å². The molecule has 2 N–H and O–H groups in total. The molecule has 5 aromatic rings. The van der Waals surface area contributed by atoms with Crippen molar-refractivity contribution in [1.29, 1.82) is 0 Å². The van der Waals surface area contributed by atoms with Crippen molar-refractivity contribution in [2.45, 2.75) is 24.7 Å². The first-order chi connectivity index (χ1) is 26.2. The molecule has 0 radical (unpaired) electrons. The molecule has 1 fully saturated rings. The fourth-order valence-electron chi connectivity index (χ4n) is 8.18. The van der Waals surface area contributed by atoms with Gasteiger partial charge in [0.25, 0.3) is 0 Å². The highest BCUT2D eigenvalue weighted by atomic mass is 16.5. The Morgan fingerprint density at radius 2 is 1.07 bits per heavy atom. The minimum Gasteiger partial charge on any atom is -0.497 e. The van der Waals surface area contributed by atoms with Crippen LogP contribution < -0.4 is 9.47 Å². The molecule has 0 unspecified atom stereocenters. The molecule has 274 valence electrons. The second-order valence-electron chi connectivity index (χ2n) is 13.7. The van der Waals surface area contributed by atoms with E-state index in [0.29, 0.717) is 22.4 Å². The highest BCUT2D eigenvalue weighted by Gasteiger charge is 2.73. The quantitative estimate of drug-likeness (QED) is 0.158. The van der Waals surface area contributed by atoms with Crippen molar-refractivity contribution in [1.82, 2.24) is 24.8 Å². The number of likely N-dealkylation sites (tertiary alicyclic amines) is 1. The van der Waals surface area contributed by atoms with Crippen LogP contribution in [0.5, 0.6) is 11.5 Å². The zero-order chi connectivity index (χ0) is 37.6. The number of esters is 2. The predicted octanol–water partition coefficient (Wildman–Crippen LogP) is 7.08. The smallest absolute Gasteiger partial charge is 0.321 e. The third-order valence-electron chi connectivity index (χ3n) is 10.6. The van der Waals surface area contributed by atoms with Crippen molar-refractivity contribution in [2.75, 3.05) is 47.6 Å². The summed E-state index contributed by atoms with van der Waals surface area (Å²) < 4.78 is 22.6. The maximum Gasteiger partial charge on any atom is 0.321 e. The van der Waals surface area contributed by atoms with Crippen molar-refractivity contribution >= 4 is 46.2 Å². The van der Waals surface area contributed by atoms with Crippen molar-refractivity contribution in [3.05, 3.63) is 108 Å². The Labute approximate surface area is 312 Å². The number of benzene rings is 2. The van der Waals surface area contributed by atoms with E-state index in [1.54, 1.807) is 28.1 Å². The van der Waals surface area contributed by atoms with E-state index in [1.807, 2.05) is 109 Å². The van der Waals surface area contributed by atoms with E-state index in [4.69, 9.17) is 28.9 Å². The van der Waals surface area contributed by atoms with Crippen LogP contribution in [0, 0.1) is 0 Å². The first-order valence-electron chi connectivity index (χ1n) is 18.0. The predicted molar refractivity (Wildman–Crippen MR) is 208 cm³/mol. The van der Waals surface area contributed by atoms with Crippen LogP contribution in [0.3, 0.4) is 0 Å². The number of nitrogens with zero attached hydrogens (tertiary/aromatic N) is 3. The maximum absolute atomic E-state index is 14.4. The highest BCUT2D eigenvalue weighted by molar-refractivity contribution is 6.00. The molecule has 1 saturated heterocycles. The second kappa shape index (κ2) is 13.7. The Kier molecular flexibility index (Phi) is 8.81. The number of carbonyl (C=O) groups is 2. The number of methoxy groups -OCH3 is 2. The van der Waals surface area contributed by atoms with E-state index in [-0.39, 0.29) is 26.3 Å². The zero-order valence-electron chi connectivity index (χ0n) is 30.9. The first kappa shape index (κ1) is 34.9. The van der Waals surface area contributed by atoms with Crippen LogP contribution in [0.25, 0.3) is 56.5 Å². The summed E-state index contributed by atoms with van der Waals surface area (Å²) in [5.41, 5.74) is 5.98. The number of fused-ring (bicyclic) bond motifs is 11. The normalized spacial score (nSPS) is 19.0. The summed E-state index contributed by atoms with van der Waals surface area (Å²) in [6.45, 7) is 4.22. The van der Waals surface area contributed by atoms with Crippen molar-refractivity contribution in [3.63, 3.8) is 0 Å². The van der Waals surface area contributed by atoms with Gasteiger partial charge in [-0.25, -0.2) is 4.98 Å². The van der Waals surface area contributed by atoms with Gasteiger partial charge in [-0.2, -0.15) is 0 Å². The Bertz CT molecular complexity index is 2300. The molecule has 0 spiro atoms. The summed E-state index contributed by atoms with van der Waals surface area (Å²) in [6, 6.07) is 27.3. The standard InChI is InChI=1S/C43H41N5O6/c1-6-53-40(49)42-24-48(3)25-43(42,41(50)54-7-2)37-23-29-13-19-33(45-29)39(27-10-16-31(52-5)17-11-27)35-21-20-34(46-35)38(26-8-14-30(51-4)15-9-26)32-18-12-28(44-32)22-36(42)47-37/h8-23,44-45H,6-7,24-25H2,1-5H3/t42-,43+. The average Bonchev–Trinajstić information content (AvgIpc) is 4.02. The fraction of sp³-hybridized carbons (Fsp3) is 0.256. The molecule has 8 rings (SSSR count). The summed E-state index contributed by atoms with van der Waals surface area (Å²) in [6.07, 6.45) is 4.05. The molecule has 0 amide bonds. The third kappa shape index (κ3) is 5.46. The Morgan fingerprint density at radius 1 is 0.648 bits per heavy atom. The summed E-state index contributed by atoms with van der Waals surface area (Å²) in [7, 11) is 5.18. The highest BCUT2D eigenvalue weighted by Crippen LogP contribution is 2.54. The number of nitrogens with one attached hydrogen (secondary N) is 2. The molecule has 0 aliphatic carbocycles. The van der Waals surface area contributed by atoms with Gasteiger partial charge in [0.05, 0.1) is 50.2 Å². The van der Waals surface area contributed by atoms with Crippen LogP contribution in [0.4, 0.5) is 0 Å². The maximum atomic E-state index is 14.4. The number of hydrogen-bond donors (Lipinski definition) is 2. The van der Waals surface area contributed by atoms with E-state index in [2.05, 4.69) is 9.97 Å². The number of aromatic nitrogens is 4. The summed E-state index contributed by atoms with van der Waals surface area (Å²) in [5, 5.41) is 0. The molecular formula is C43H41N5O6. The van der Waals surface area contributed by atoms with Gasteiger partial charge in [-0.3, -0.25) is 14.6 Å². The molecule has 11 heteroatoms. The van der Waals surface area contributed by atoms with Crippen molar-refractivity contribution < 1.29 is 28.5 Å². The number of hydrogen-bond acceptors (Lipinski definition) is 9. The van der Waals surface area contributed by atoms with Crippen LogP contribution >= 0.6 is 0 Å². The molecular weight excluding hydrogens is 683 g/mol. The lowest BCUT2D eigenvalue weighted by Crippen LogP contribution is -2.56. The molecule has 3 aromatic heterocycles. The lowest BCUT2D eigenvalue weighted by Gasteiger charge is -2.35. The minimum absolute atomic E-state index is 0.140. The summed E-state index contributed by atoms with van der Waals surface area (Å²) in [5.74, 6) is 0.430. The number of ether oxygens (including phenoxy) is 4. The monoisotopic (exact) mass is 723 g/mol. The van der Waals surface area contributed by atoms with Gasteiger partial charge >= 0.3 is 11.9 Å². The van der Waals surface area contributed by atoms with Gasteiger partial charge < -0.3 is 33.8 Å². The number of aromatic amines is 2. The molecule has 0 saturated carbocycles. The largest absolute Gasteiger partial charge is 0.497 e. The number of likely N-dealkylation sites (N-methyl/N-ethyl adjacent to an activating group) is 1. The van der Waals surface area contributed by atoms with E-state index in [1.165, 1.54) is 0 Å². The molecule has 3 aliphatic rings. The second-order valence-corrected chi connectivity index (χ2v) is 13.7. The third-order valence-corrected chi connectivity index (χ3v) is 10.6. The SMILES string of the molecule is CCOC(=O)[C@]12CN(C)C[C@@]1(C(=O)OCC)c1cc3ccc([nH]3)c(-c3ccc(OC)cc3)c3nc(c(-c4ccc(OC)cc4)c4ccc(cc2n1)[nH]4)C=C3. The van der Waals surface area contributed by atoms with Gasteiger partial charge in [-0.15, -0.1) is 0 Å². The van der Waals surface area contributed by atoms with E-state index in [9.17, 15) is 9.59 Å². The molecule has 11 nitrogen and oxygen atoms in total. The van der Waals surface area contributed by atoms with Crippen LogP contribution in [0.15, 0.2) is 84.9 Å². The number of carbonyl (C=O) groups excluding carboxylic acids is 2. The zero-order valence-corrected chi connectivity index (χ0v) is 30.9. The minimum atomic E-state index is -1.48. The van der Waals surface area contributed by atoms with Crippen LogP contribution in [0.1, 0.15) is 36.6 Å². The topological polar surface area (TPSA) is 132 Å². The first-order valence-corrected chi connectivity index (χ1v) is 18.0. The van der Waals surface area contributed by atoms with Gasteiger partial charge in [-0.05, 0) is 105 Å². The van der Waals surface area contributed by atoms with Gasteiger partial charge in [0.2, 0.25) is 0 Å². The lowest BCUT2D eigenvalue weighted by atomic mass is 9.63. The Morgan fingerprint density at radius 3 is 1.46 bits per heavy atom. The molecule has 3 aliphatic heterocycles. The number of rotatable bonds is 8. The average molecular weight is 724 g/mol. The van der Waals surface area contributed by atoms with Gasteiger partial charge in [0, 0.05) is 46.3 Å². The summed E-state index contributed by atoms with van der Waals surface area (Å²) in [4.78, 5) is 48.4. The molecule has 8 bridgehead atoms. The van der Waals surface area contributed by atoms with Gasteiger partial charge in [0.15, 0.2) is 0 Å². The number of H-pyrrole nitrogens is 2. The van der Waals surface area contributed by atoms with Crippen molar-refractivity contribution in [3.8, 4) is 33.8 Å².